The Labute approximate surface area is 206 Å². The van der Waals surface area contributed by atoms with E-state index in [0.717, 1.165) is 19.4 Å². The number of hydrogen-bond donors (Lipinski definition) is 2. The number of aliphatic hydroxyl groups is 1. The van der Waals surface area contributed by atoms with Gasteiger partial charge < -0.3 is 20.1 Å². The van der Waals surface area contributed by atoms with Crippen molar-refractivity contribution in [3.05, 3.63) is 35.0 Å². The van der Waals surface area contributed by atoms with E-state index in [1.165, 1.54) is 12.3 Å². The van der Waals surface area contributed by atoms with E-state index in [2.05, 4.69) is 15.0 Å². The molecule has 5 rings (SSSR count). The van der Waals surface area contributed by atoms with Gasteiger partial charge in [-0.05, 0) is 45.2 Å². The predicted octanol–water partition coefficient (Wildman–Crippen LogP) is 5.51. The van der Waals surface area contributed by atoms with E-state index in [0.29, 0.717) is 35.6 Å². The molecule has 1 saturated heterocycles. The maximum Gasteiger partial charge on any atom is 0.248 e. The average Bonchev–Trinajstić information content (AvgIpc) is 3.36. The third kappa shape index (κ3) is 5.70. The number of hydrogen-bond acceptors (Lipinski definition) is 6. The van der Waals surface area contributed by atoms with E-state index < -0.39 is 17.7 Å². The first kappa shape index (κ1) is 25.7. The zero-order chi connectivity index (χ0) is 25.3. The quantitative estimate of drug-likeness (QED) is 0.481. The van der Waals surface area contributed by atoms with Crippen LogP contribution in [0, 0.1) is 5.82 Å². The summed E-state index contributed by atoms with van der Waals surface area (Å²) in [7, 11) is 0. The SMILES string of the molecule is CC(C)n1c(C2CCC(F)(F)C2)nc2c(F)cc(-c3nc(N)ncc3Cl)cc21.OC1CCCOC1. The van der Waals surface area contributed by atoms with E-state index >= 15 is 0 Å². The van der Waals surface area contributed by atoms with Gasteiger partial charge in [0, 0.05) is 37.0 Å². The lowest BCUT2D eigenvalue weighted by molar-refractivity contribution is -0.00535. The second-order valence-corrected chi connectivity index (χ2v) is 9.76. The van der Waals surface area contributed by atoms with Crippen LogP contribution in [0.5, 0.6) is 0 Å². The first-order valence-corrected chi connectivity index (χ1v) is 12.1. The number of fused-ring (bicyclic) bond motifs is 1. The average molecular weight is 512 g/mol. The number of rotatable bonds is 3. The zero-order valence-corrected chi connectivity index (χ0v) is 20.4. The van der Waals surface area contributed by atoms with Gasteiger partial charge >= 0.3 is 0 Å². The van der Waals surface area contributed by atoms with Gasteiger partial charge in [0.25, 0.3) is 0 Å². The van der Waals surface area contributed by atoms with Crippen LogP contribution in [0.4, 0.5) is 19.1 Å². The number of aliphatic hydroxyl groups excluding tert-OH is 1. The molecule has 1 aliphatic carbocycles. The fourth-order valence-corrected chi connectivity index (χ4v) is 4.82. The van der Waals surface area contributed by atoms with Crippen molar-refractivity contribution >= 4 is 28.6 Å². The van der Waals surface area contributed by atoms with E-state index in [1.54, 1.807) is 6.07 Å². The highest BCUT2D eigenvalue weighted by atomic mass is 35.5. The van der Waals surface area contributed by atoms with Crippen LogP contribution in [-0.4, -0.2) is 49.9 Å². The Bertz CT molecular complexity index is 1200. The number of benzene rings is 1. The molecule has 0 radical (unpaired) electrons. The number of imidazole rings is 1. The third-order valence-electron chi connectivity index (χ3n) is 6.23. The van der Waals surface area contributed by atoms with Gasteiger partial charge in [-0.1, -0.05) is 11.6 Å². The molecule has 35 heavy (non-hydrogen) atoms. The number of halogens is 4. The molecule has 1 aliphatic heterocycles. The topological polar surface area (TPSA) is 99.1 Å². The first-order valence-electron chi connectivity index (χ1n) is 11.7. The normalized spacial score (nSPS) is 21.8. The lowest BCUT2D eigenvalue weighted by atomic mass is 10.1. The third-order valence-corrected chi connectivity index (χ3v) is 6.51. The molecule has 2 aliphatic rings. The number of alkyl halides is 2. The molecule has 190 valence electrons. The molecule has 2 aromatic heterocycles. The van der Waals surface area contributed by atoms with Gasteiger partial charge in [0.15, 0.2) is 5.82 Å². The van der Waals surface area contributed by atoms with Crippen LogP contribution in [0.15, 0.2) is 18.3 Å². The van der Waals surface area contributed by atoms with Crippen molar-refractivity contribution in [3.8, 4) is 11.3 Å². The van der Waals surface area contributed by atoms with E-state index in [4.69, 9.17) is 27.2 Å². The van der Waals surface area contributed by atoms with Gasteiger partial charge in [0.2, 0.25) is 11.9 Å². The van der Waals surface area contributed by atoms with Crippen molar-refractivity contribution in [3.63, 3.8) is 0 Å². The summed E-state index contributed by atoms with van der Waals surface area (Å²) in [4.78, 5) is 12.3. The van der Waals surface area contributed by atoms with Gasteiger partial charge in [-0.15, -0.1) is 0 Å². The van der Waals surface area contributed by atoms with Crippen molar-refractivity contribution < 1.29 is 23.0 Å². The summed E-state index contributed by atoms with van der Waals surface area (Å²) in [5.74, 6) is -3.17. The number of nitrogens with zero attached hydrogens (tertiary/aromatic N) is 4. The highest BCUT2D eigenvalue weighted by Crippen LogP contribution is 2.45. The molecule has 1 aromatic carbocycles. The molecule has 1 saturated carbocycles. The number of nitrogen functional groups attached to an aromatic ring is 1. The second kappa shape index (κ2) is 10.3. The minimum atomic E-state index is -2.71. The Kier molecular flexibility index (Phi) is 7.54. The van der Waals surface area contributed by atoms with Crippen molar-refractivity contribution in [2.24, 2.45) is 0 Å². The molecule has 3 N–H and O–H groups in total. The smallest absolute Gasteiger partial charge is 0.248 e. The van der Waals surface area contributed by atoms with Crippen molar-refractivity contribution in [1.82, 2.24) is 19.5 Å². The lowest BCUT2D eigenvalue weighted by Gasteiger charge is -2.17. The van der Waals surface area contributed by atoms with Crippen LogP contribution >= 0.6 is 11.6 Å². The highest BCUT2D eigenvalue weighted by Gasteiger charge is 2.42. The largest absolute Gasteiger partial charge is 0.391 e. The molecular weight excluding hydrogens is 483 g/mol. The van der Waals surface area contributed by atoms with Crippen molar-refractivity contribution in [2.45, 2.75) is 69.9 Å². The molecule has 0 bridgehead atoms. The Morgan fingerprint density at radius 3 is 2.60 bits per heavy atom. The van der Waals surface area contributed by atoms with Crippen molar-refractivity contribution in [1.29, 1.82) is 0 Å². The summed E-state index contributed by atoms with van der Waals surface area (Å²) in [6.07, 6.45) is 2.97. The van der Waals surface area contributed by atoms with Crippen LogP contribution in [0.3, 0.4) is 0 Å². The Morgan fingerprint density at radius 1 is 1.26 bits per heavy atom. The standard InChI is InChI=1S/C19H19ClF3N5.C5H10O2/c1-9(2)28-14-6-11(15-12(20)8-25-18(24)27-15)5-13(21)16(14)26-17(28)10-3-4-19(22,23)7-10;6-5-2-1-3-7-4-5/h5-6,8-10H,3-4,7H2,1-2H3,(H2,24,25,27);5-6H,1-4H2. The number of ether oxygens (including phenoxy) is 1. The van der Waals surface area contributed by atoms with Crippen LogP contribution in [0.25, 0.3) is 22.3 Å². The number of anilines is 1. The molecule has 11 heteroatoms. The second-order valence-electron chi connectivity index (χ2n) is 9.35. The van der Waals surface area contributed by atoms with Crippen LogP contribution in [0.2, 0.25) is 5.02 Å². The minimum absolute atomic E-state index is 0.0196. The summed E-state index contributed by atoms with van der Waals surface area (Å²) >= 11 is 6.17. The molecule has 7 nitrogen and oxygen atoms in total. The molecule has 2 atom stereocenters. The summed E-state index contributed by atoms with van der Waals surface area (Å²) < 4.78 is 49.2. The number of aromatic nitrogens is 4. The molecule has 2 unspecified atom stereocenters. The molecular formula is C24H29ClF3N5O2. The lowest BCUT2D eigenvalue weighted by Crippen LogP contribution is -2.21. The van der Waals surface area contributed by atoms with Gasteiger partial charge in [0.05, 0.1) is 35.1 Å². The predicted molar refractivity (Wildman–Crippen MR) is 128 cm³/mol. The Balaban J connectivity index is 0.000000356. The van der Waals surface area contributed by atoms with Gasteiger partial charge in [-0.3, -0.25) is 0 Å². The summed E-state index contributed by atoms with van der Waals surface area (Å²) in [5.41, 5.74) is 7.04. The monoisotopic (exact) mass is 511 g/mol. The van der Waals surface area contributed by atoms with Gasteiger partial charge in [-0.2, -0.15) is 0 Å². The number of nitrogens with two attached hydrogens (primary N) is 1. The molecule has 3 heterocycles. The summed E-state index contributed by atoms with van der Waals surface area (Å²) in [6.45, 7) is 5.20. The first-order chi connectivity index (χ1) is 16.6. The van der Waals surface area contributed by atoms with E-state index in [9.17, 15) is 13.2 Å². The van der Waals surface area contributed by atoms with Gasteiger partial charge in [-0.25, -0.2) is 28.1 Å². The van der Waals surface area contributed by atoms with Crippen LogP contribution in [-0.2, 0) is 4.74 Å². The highest BCUT2D eigenvalue weighted by molar-refractivity contribution is 6.33. The molecule has 2 fully saturated rings. The molecule has 0 spiro atoms. The molecule has 0 amide bonds. The van der Waals surface area contributed by atoms with E-state index in [1.807, 2.05) is 18.4 Å². The molecule has 3 aromatic rings. The summed E-state index contributed by atoms with van der Waals surface area (Å²) in [6, 6.07) is 2.91. The maximum absolute atomic E-state index is 14.9. The fourth-order valence-electron chi connectivity index (χ4n) is 4.62. The zero-order valence-electron chi connectivity index (χ0n) is 19.6. The van der Waals surface area contributed by atoms with Crippen LogP contribution in [0.1, 0.15) is 63.7 Å². The fraction of sp³-hybridized carbons (Fsp3) is 0.542. The van der Waals surface area contributed by atoms with Crippen LogP contribution < -0.4 is 5.73 Å². The Morgan fingerprint density at radius 2 is 2.03 bits per heavy atom. The summed E-state index contributed by atoms with van der Waals surface area (Å²) in [5, 5.41) is 9.02. The maximum atomic E-state index is 14.9. The van der Waals surface area contributed by atoms with Crippen molar-refractivity contribution in [2.75, 3.05) is 18.9 Å². The van der Waals surface area contributed by atoms with E-state index in [-0.39, 0.29) is 41.5 Å². The minimum Gasteiger partial charge on any atom is -0.391 e. The Hall–Kier alpha value is -2.43. The van der Waals surface area contributed by atoms with Gasteiger partial charge in [0.1, 0.15) is 11.3 Å².